The number of amidine groups is 1. The highest BCUT2D eigenvalue weighted by Crippen LogP contribution is 2.31. The molecule has 1 aromatic rings. The number of primary amides is 1. The van der Waals surface area contributed by atoms with E-state index in [1.54, 1.807) is 12.1 Å². The maximum atomic E-state index is 12.2. The van der Waals surface area contributed by atoms with Crippen molar-refractivity contribution < 1.29 is 18.7 Å². The summed E-state index contributed by atoms with van der Waals surface area (Å²) >= 11 is 1.15. The van der Waals surface area contributed by atoms with Crippen molar-refractivity contribution in [2.75, 3.05) is 23.9 Å². The quantitative estimate of drug-likeness (QED) is 0.839. The van der Waals surface area contributed by atoms with Crippen LogP contribution in [0.2, 0.25) is 0 Å². The first-order chi connectivity index (χ1) is 10.5. The van der Waals surface area contributed by atoms with Crippen LogP contribution in [0, 0.1) is 6.92 Å². The van der Waals surface area contributed by atoms with E-state index in [0.717, 1.165) is 17.3 Å². The molecule has 2 rings (SSSR count). The zero-order valence-electron chi connectivity index (χ0n) is 12.0. The van der Waals surface area contributed by atoms with Crippen molar-refractivity contribution in [1.29, 1.82) is 0 Å². The van der Waals surface area contributed by atoms with Crippen LogP contribution in [0.25, 0.3) is 0 Å². The summed E-state index contributed by atoms with van der Waals surface area (Å²) in [6.45, 7) is 1.46. The van der Waals surface area contributed by atoms with E-state index in [1.165, 1.54) is 4.90 Å². The van der Waals surface area contributed by atoms with E-state index in [1.807, 2.05) is 13.0 Å². The number of aryl methyl sites for hydroxylation is 1. The fourth-order valence-corrected chi connectivity index (χ4v) is 2.88. The molecule has 0 bridgehead atoms. The Labute approximate surface area is 131 Å². The van der Waals surface area contributed by atoms with E-state index in [0.29, 0.717) is 11.3 Å². The third-order valence-electron chi connectivity index (χ3n) is 2.93. The Morgan fingerprint density at radius 3 is 3.00 bits per heavy atom. The number of carbonyl (C=O) groups is 2. The third kappa shape index (κ3) is 3.83. The normalized spacial score (nSPS) is 16.5. The number of benzene rings is 1. The van der Waals surface area contributed by atoms with Gasteiger partial charge in [0.1, 0.15) is 6.67 Å². The summed E-state index contributed by atoms with van der Waals surface area (Å²) < 4.78 is 17.4. The number of halogens is 1. The fraction of sp³-hybridized carbons (Fsp3) is 0.357. The first kappa shape index (κ1) is 16.4. The van der Waals surface area contributed by atoms with Crippen LogP contribution in [0.1, 0.15) is 11.1 Å². The van der Waals surface area contributed by atoms with Crippen LogP contribution in [-0.2, 0) is 16.1 Å². The molecule has 0 aromatic heterocycles. The van der Waals surface area contributed by atoms with Gasteiger partial charge in [0.15, 0.2) is 5.17 Å². The van der Waals surface area contributed by atoms with Crippen LogP contribution in [-0.4, -0.2) is 36.1 Å². The zero-order valence-corrected chi connectivity index (χ0v) is 12.9. The topological polar surface area (TPSA) is 85.0 Å². The lowest BCUT2D eigenvalue weighted by Gasteiger charge is -2.20. The molecule has 3 amide bonds. The molecule has 0 unspecified atom stereocenters. The number of carbonyl (C=O) groups excluding carboxylic acids is 2. The molecule has 0 spiro atoms. The minimum absolute atomic E-state index is 0.0156. The first-order valence-electron chi connectivity index (χ1n) is 6.60. The minimum Gasteiger partial charge on any atom is -0.374 e. The van der Waals surface area contributed by atoms with Gasteiger partial charge < -0.3 is 10.5 Å². The van der Waals surface area contributed by atoms with Crippen LogP contribution in [0.3, 0.4) is 0 Å². The van der Waals surface area contributed by atoms with Crippen molar-refractivity contribution in [2.24, 2.45) is 10.7 Å². The number of hydrogen-bond acceptors (Lipinski definition) is 4. The van der Waals surface area contributed by atoms with Gasteiger partial charge in [-0.3, -0.25) is 9.69 Å². The standard InChI is InChI=1S/C14H16FN3O3S/c1-9-2-3-10(7-21-5-4-15)11(6-9)18-12(19)8-22-14(18)17-13(16)20/h2-3,6H,4-5,7-8H2,1H3,(H2,16,20). The van der Waals surface area contributed by atoms with Gasteiger partial charge in [-0.25, -0.2) is 9.18 Å². The summed E-state index contributed by atoms with van der Waals surface area (Å²) in [6, 6.07) is 4.62. The van der Waals surface area contributed by atoms with Crippen molar-refractivity contribution in [3.8, 4) is 0 Å². The molecule has 1 aliphatic rings. The zero-order chi connectivity index (χ0) is 16.1. The second kappa shape index (κ2) is 7.37. The van der Waals surface area contributed by atoms with Crippen LogP contribution in [0.15, 0.2) is 23.2 Å². The van der Waals surface area contributed by atoms with Gasteiger partial charge >= 0.3 is 6.03 Å². The summed E-state index contributed by atoms with van der Waals surface area (Å²) in [5.41, 5.74) is 7.31. The van der Waals surface area contributed by atoms with Crippen LogP contribution >= 0.6 is 11.8 Å². The van der Waals surface area contributed by atoms with Gasteiger partial charge in [-0.05, 0) is 18.6 Å². The third-order valence-corrected chi connectivity index (χ3v) is 3.86. The van der Waals surface area contributed by atoms with E-state index in [9.17, 15) is 14.0 Å². The molecule has 6 nitrogen and oxygen atoms in total. The molecule has 1 saturated heterocycles. The number of urea groups is 1. The number of amides is 3. The molecule has 22 heavy (non-hydrogen) atoms. The number of nitrogens with two attached hydrogens (primary N) is 1. The number of hydrogen-bond donors (Lipinski definition) is 1. The van der Waals surface area contributed by atoms with Crippen molar-refractivity contribution in [3.63, 3.8) is 0 Å². The predicted octanol–water partition coefficient (Wildman–Crippen LogP) is 2.00. The lowest BCUT2D eigenvalue weighted by molar-refractivity contribution is -0.115. The summed E-state index contributed by atoms with van der Waals surface area (Å²) in [5.74, 6) is -0.00693. The van der Waals surface area contributed by atoms with Crippen molar-refractivity contribution in [1.82, 2.24) is 0 Å². The Morgan fingerprint density at radius 1 is 1.55 bits per heavy atom. The van der Waals surface area contributed by atoms with Gasteiger partial charge in [0.2, 0.25) is 5.91 Å². The minimum atomic E-state index is -0.856. The molecule has 1 fully saturated rings. The second-order valence-electron chi connectivity index (χ2n) is 4.62. The maximum Gasteiger partial charge on any atom is 0.340 e. The number of rotatable bonds is 5. The van der Waals surface area contributed by atoms with Crippen molar-refractivity contribution in [2.45, 2.75) is 13.5 Å². The van der Waals surface area contributed by atoms with Gasteiger partial charge in [0, 0.05) is 5.56 Å². The monoisotopic (exact) mass is 325 g/mol. The Morgan fingerprint density at radius 2 is 2.32 bits per heavy atom. The highest BCUT2D eigenvalue weighted by Gasteiger charge is 2.31. The number of anilines is 1. The van der Waals surface area contributed by atoms with Gasteiger partial charge in [0.25, 0.3) is 0 Å². The molecule has 0 saturated carbocycles. The smallest absolute Gasteiger partial charge is 0.340 e. The molecule has 1 heterocycles. The lowest BCUT2D eigenvalue weighted by atomic mass is 10.1. The molecule has 118 valence electrons. The van der Waals surface area contributed by atoms with Crippen molar-refractivity contribution in [3.05, 3.63) is 29.3 Å². The van der Waals surface area contributed by atoms with Crippen molar-refractivity contribution >= 4 is 34.6 Å². The largest absolute Gasteiger partial charge is 0.374 e. The number of thioether (sulfide) groups is 1. The highest BCUT2D eigenvalue weighted by molar-refractivity contribution is 8.15. The summed E-state index contributed by atoms with van der Waals surface area (Å²) in [5, 5.41) is 0.245. The van der Waals surface area contributed by atoms with E-state index in [-0.39, 0.29) is 30.0 Å². The highest BCUT2D eigenvalue weighted by atomic mass is 32.2. The number of aliphatic imine (C=N–C) groups is 1. The molecule has 0 radical (unpaired) electrons. The number of ether oxygens (including phenoxy) is 1. The van der Waals surface area contributed by atoms with E-state index >= 15 is 0 Å². The Kier molecular flexibility index (Phi) is 5.51. The average molecular weight is 325 g/mol. The SMILES string of the molecule is Cc1ccc(COCCF)c(N2C(=O)CSC2=NC(N)=O)c1. The fourth-order valence-electron chi connectivity index (χ4n) is 2.02. The summed E-state index contributed by atoms with van der Waals surface area (Å²) in [7, 11) is 0. The summed E-state index contributed by atoms with van der Waals surface area (Å²) in [6.07, 6.45) is 0. The lowest BCUT2D eigenvalue weighted by Crippen LogP contribution is -2.31. The molecular weight excluding hydrogens is 309 g/mol. The van der Waals surface area contributed by atoms with E-state index in [4.69, 9.17) is 10.5 Å². The number of alkyl halides is 1. The average Bonchev–Trinajstić information content (AvgIpc) is 2.81. The number of nitrogens with zero attached hydrogens (tertiary/aromatic N) is 2. The molecule has 2 N–H and O–H groups in total. The Bertz CT molecular complexity index is 621. The van der Waals surface area contributed by atoms with Gasteiger partial charge in [-0.1, -0.05) is 23.9 Å². The molecule has 0 aliphatic carbocycles. The van der Waals surface area contributed by atoms with E-state index < -0.39 is 12.7 Å². The molecule has 1 aliphatic heterocycles. The Balaban J connectivity index is 2.38. The molecule has 1 aromatic carbocycles. The van der Waals surface area contributed by atoms with Crippen LogP contribution < -0.4 is 10.6 Å². The Hall–Kier alpha value is -1.93. The van der Waals surface area contributed by atoms with Crippen LogP contribution in [0.5, 0.6) is 0 Å². The maximum absolute atomic E-state index is 12.2. The first-order valence-corrected chi connectivity index (χ1v) is 7.58. The van der Waals surface area contributed by atoms with Gasteiger partial charge in [0.05, 0.1) is 24.7 Å². The van der Waals surface area contributed by atoms with Gasteiger partial charge in [-0.15, -0.1) is 0 Å². The van der Waals surface area contributed by atoms with Crippen LogP contribution in [0.4, 0.5) is 14.9 Å². The molecule has 8 heteroatoms. The predicted molar refractivity (Wildman–Crippen MR) is 83.8 cm³/mol. The molecular formula is C14H16FN3O3S. The second-order valence-corrected chi connectivity index (χ2v) is 5.57. The van der Waals surface area contributed by atoms with E-state index in [2.05, 4.69) is 4.99 Å². The van der Waals surface area contributed by atoms with Gasteiger partial charge in [-0.2, -0.15) is 4.99 Å². The molecule has 0 atom stereocenters. The summed E-state index contributed by atoms with van der Waals surface area (Å²) in [4.78, 5) is 28.2.